The van der Waals surface area contributed by atoms with Crippen molar-refractivity contribution in [3.05, 3.63) is 17.5 Å². The second-order valence-corrected chi connectivity index (χ2v) is 8.58. The summed E-state index contributed by atoms with van der Waals surface area (Å²) in [6.07, 6.45) is 2.47. The highest BCUT2D eigenvalue weighted by atomic mass is 32.2. The molecule has 2 aliphatic rings. The van der Waals surface area contributed by atoms with Crippen LogP contribution in [0.15, 0.2) is 6.20 Å². The Bertz CT molecular complexity index is 683. The molecule has 0 saturated heterocycles. The average molecular weight is 313 g/mol. The summed E-state index contributed by atoms with van der Waals surface area (Å²) in [4.78, 5) is 13.6. The van der Waals surface area contributed by atoms with Gasteiger partial charge in [-0.15, -0.1) is 0 Å². The highest BCUT2D eigenvalue weighted by molar-refractivity contribution is 7.90. The van der Waals surface area contributed by atoms with Crippen LogP contribution in [0.4, 0.5) is 4.79 Å². The number of amides is 1. The lowest BCUT2D eigenvalue weighted by Crippen LogP contribution is -2.34. The molecule has 0 atom stereocenters. The van der Waals surface area contributed by atoms with Crippen molar-refractivity contribution in [1.29, 1.82) is 0 Å². The number of fused-ring (bicyclic) bond motifs is 1. The molecular weight excluding hydrogens is 294 g/mol. The zero-order valence-electron chi connectivity index (χ0n) is 12.4. The third-order valence-electron chi connectivity index (χ3n) is 3.46. The minimum absolute atomic E-state index is 0.218. The maximum atomic E-state index is 12.3. The SMILES string of the molecule is CC(C)(C)OC(=O)N1Cc2cnn(S(=O)(=O)C3CC3)c2C1. The van der Waals surface area contributed by atoms with Crippen LogP contribution >= 0.6 is 0 Å². The van der Waals surface area contributed by atoms with Gasteiger partial charge in [0.2, 0.25) is 0 Å². The van der Waals surface area contributed by atoms with Gasteiger partial charge in [-0.05, 0) is 33.6 Å². The maximum absolute atomic E-state index is 12.3. The van der Waals surface area contributed by atoms with Gasteiger partial charge in [0, 0.05) is 5.56 Å². The Morgan fingerprint density at radius 1 is 1.33 bits per heavy atom. The van der Waals surface area contributed by atoms with Crippen molar-refractivity contribution < 1.29 is 17.9 Å². The highest BCUT2D eigenvalue weighted by Gasteiger charge is 2.41. The van der Waals surface area contributed by atoms with Crippen molar-refractivity contribution in [2.45, 2.75) is 57.6 Å². The van der Waals surface area contributed by atoms with E-state index in [2.05, 4.69) is 5.10 Å². The van der Waals surface area contributed by atoms with E-state index in [0.717, 1.165) is 9.65 Å². The van der Waals surface area contributed by atoms with E-state index < -0.39 is 21.7 Å². The van der Waals surface area contributed by atoms with E-state index in [4.69, 9.17) is 4.74 Å². The highest BCUT2D eigenvalue weighted by Crippen LogP contribution is 2.33. The molecule has 8 heteroatoms. The number of rotatable bonds is 2. The fourth-order valence-corrected chi connectivity index (χ4v) is 3.98. The topological polar surface area (TPSA) is 81.5 Å². The Labute approximate surface area is 123 Å². The molecule has 1 aromatic heterocycles. The number of hydrogen-bond acceptors (Lipinski definition) is 5. The summed E-state index contributed by atoms with van der Waals surface area (Å²) >= 11 is 0. The van der Waals surface area contributed by atoms with Gasteiger partial charge in [-0.2, -0.15) is 9.19 Å². The lowest BCUT2D eigenvalue weighted by Gasteiger charge is -2.24. The summed E-state index contributed by atoms with van der Waals surface area (Å²) in [6, 6.07) is 0. The molecule has 7 nitrogen and oxygen atoms in total. The van der Waals surface area contributed by atoms with E-state index in [1.807, 2.05) is 0 Å². The largest absolute Gasteiger partial charge is 0.444 e. The molecule has 2 heterocycles. The standard InChI is InChI=1S/C13H19N3O4S/c1-13(2,3)20-12(17)15-7-9-6-14-16(11(9)8-15)21(18,19)10-4-5-10/h6,10H,4-5,7-8H2,1-3H3. The van der Waals surface area contributed by atoms with E-state index in [1.165, 1.54) is 11.1 Å². The van der Waals surface area contributed by atoms with Gasteiger partial charge in [0.1, 0.15) is 5.60 Å². The lowest BCUT2D eigenvalue weighted by atomic mass is 10.2. The van der Waals surface area contributed by atoms with Crippen molar-refractivity contribution in [3.63, 3.8) is 0 Å². The second-order valence-electron chi connectivity index (χ2n) is 6.54. The van der Waals surface area contributed by atoms with E-state index in [9.17, 15) is 13.2 Å². The summed E-state index contributed by atoms with van der Waals surface area (Å²) in [5.74, 6) is 0. The van der Waals surface area contributed by atoms with Gasteiger partial charge in [0.25, 0.3) is 10.0 Å². The monoisotopic (exact) mass is 313 g/mol. The van der Waals surface area contributed by atoms with Gasteiger partial charge in [0.15, 0.2) is 0 Å². The Morgan fingerprint density at radius 2 is 2.00 bits per heavy atom. The first-order valence-electron chi connectivity index (χ1n) is 6.96. The Balaban J connectivity index is 1.80. The molecule has 1 amide bonds. The normalized spacial score (nSPS) is 18.7. The van der Waals surface area contributed by atoms with Gasteiger partial charge >= 0.3 is 6.09 Å². The number of hydrogen-bond donors (Lipinski definition) is 0. The summed E-state index contributed by atoms with van der Waals surface area (Å²) in [5, 5.41) is 3.67. The average Bonchev–Trinajstić information content (AvgIpc) is 2.98. The Hall–Kier alpha value is -1.57. The zero-order valence-corrected chi connectivity index (χ0v) is 13.2. The van der Waals surface area contributed by atoms with Crippen LogP contribution < -0.4 is 0 Å². The third-order valence-corrected chi connectivity index (χ3v) is 5.57. The van der Waals surface area contributed by atoms with Crippen molar-refractivity contribution in [1.82, 2.24) is 14.1 Å². The van der Waals surface area contributed by atoms with Crippen LogP contribution in [0.25, 0.3) is 0 Å². The van der Waals surface area contributed by atoms with Crippen LogP contribution in [0.5, 0.6) is 0 Å². The molecule has 0 bridgehead atoms. The molecule has 3 rings (SSSR count). The molecule has 0 aromatic carbocycles. The minimum Gasteiger partial charge on any atom is -0.444 e. The van der Waals surface area contributed by atoms with Crippen LogP contribution in [-0.2, 0) is 27.8 Å². The first-order valence-corrected chi connectivity index (χ1v) is 8.47. The van der Waals surface area contributed by atoms with E-state index in [-0.39, 0.29) is 11.8 Å². The molecule has 21 heavy (non-hydrogen) atoms. The number of carbonyl (C=O) groups is 1. The first-order chi connectivity index (χ1) is 9.68. The summed E-state index contributed by atoms with van der Waals surface area (Å²) in [5.41, 5.74) is 0.774. The number of ether oxygens (including phenoxy) is 1. The molecule has 0 N–H and O–H groups in total. The first kappa shape index (κ1) is 14.4. The molecule has 0 unspecified atom stereocenters. The Kier molecular flexibility index (Phi) is 3.05. The Morgan fingerprint density at radius 3 is 2.57 bits per heavy atom. The molecule has 1 aliphatic carbocycles. The number of carbonyl (C=O) groups excluding carboxylic acids is 1. The molecular formula is C13H19N3O4S. The molecule has 0 radical (unpaired) electrons. The van der Waals surface area contributed by atoms with E-state index >= 15 is 0 Å². The van der Waals surface area contributed by atoms with Crippen molar-refractivity contribution in [3.8, 4) is 0 Å². The van der Waals surface area contributed by atoms with Crippen LogP contribution in [0.2, 0.25) is 0 Å². The predicted octanol–water partition coefficient (Wildman–Crippen LogP) is 1.47. The van der Waals surface area contributed by atoms with Crippen LogP contribution in [0, 0.1) is 0 Å². The maximum Gasteiger partial charge on any atom is 0.410 e. The van der Waals surface area contributed by atoms with Crippen molar-refractivity contribution >= 4 is 16.1 Å². The molecule has 116 valence electrons. The minimum atomic E-state index is -3.41. The fourth-order valence-electron chi connectivity index (χ4n) is 2.31. The lowest BCUT2D eigenvalue weighted by molar-refractivity contribution is 0.0239. The second kappa shape index (κ2) is 4.46. The molecule has 1 fully saturated rings. The van der Waals surface area contributed by atoms with Crippen molar-refractivity contribution in [2.24, 2.45) is 0 Å². The van der Waals surface area contributed by atoms with Gasteiger partial charge in [0.05, 0.1) is 30.2 Å². The summed E-state index contributed by atoms with van der Waals surface area (Å²) in [6.45, 7) is 5.95. The number of aromatic nitrogens is 2. The van der Waals surface area contributed by atoms with Gasteiger partial charge < -0.3 is 4.74 Å². The van der Waals surface area contributed by atoms with Crippen LogP contribution in [-0.4, -0.2) is 39.4 Å². The van der Waals surface area contributed by atoms with E-state index in [0.29, 0.717) is 25.1 Å². The molecule has 0 spiro atoms. The van der Waals surface area contributed by atoms with Gasteiger partial charge in [-0.25, -0.2) is 13.2 Å². The zero-order chi connectivity index (χ0) is 15.4. The van der Waals surface area contributed by atoms with Crippen LogP contribution in [0.1, 0.15) is 44.9 Å². The van der Waals surface area contributed by atoms with Gasteiger partial charge in [-0.3, -0.25) is 4.90 Å². The number of nitrogens with zero attached hydrogens (tertiary/aromatic N) is 3. The predicted molar refractivity (Wildman–Crippen MR) is 75.0 cm³/mol. The van der Waals surface area contributed by atoms with Crippen molar-refractivity contribution in [2.75, 3.05) is 0 Å². The quantitative estimate of drug-likeness (QED) is 0.826. The van der Waals surface area contributed by atoms with Gasteiger partial charge in [-0.1, -0.05) is 0 Å². The van der Waals surface area contributed by atoms with Crippen LogP contribution in [0.3, 0.4) is 0 Å². The van der Waals surface area contributed by atoms with E-state index in [1.54, 1.807) is 20.8 Å². The molecule has 1 aliphatic heterocycles. The third kappa shape index (κ3) is 2.64. The molecule has 1 aromatic rings. The summed E-state index contributed by atoms with van der Waals surface area (Å²) in [7, 11) is -3.41. The summed E-state index contributed by atoms with van der Waals surface area (Å²) < 4.78 is 31.0. The smallest absolute Gasteiger partial charge is 0.410 e. The molecule has 1 saturated carbocycles. The fraction of sp³-hybridized carbons (Fsp3) is 0.692.